The van der Waals surface area contributed by atoms with Crippen LogP contribution in [0.3, 0.4) is 0 Å². The van der Waals surface area contributed by atoms with E-state index in [0.29, 0.717) is 12.1 Å². The molecule has 2 aliphatic carbocycles. The number of rotatable bonds is 3. The Hall–Kier alpha value is -0.870. The first-order valence-corrected chi connectivity index (χ1v) is 11.0. The van der Waals surface area contributed by atoms with Crippen LogP contribution >= 0.6 is 11.3 Å². The van der Waals surface area contributed by atoms with Crippen molar-refractivity contribution in [1.29, 1.82) is 0 Å². The summed E-state index contributed by atoms with van der Waals surface area (Å²) in [6.45, 7) is 2.16. The van der Waals surface area contributed by atoms with Crippen molar-refractivity contribution in [3.05, 3.63) is 40.0 Å². The Balaban J connectivity index is 0.00000196. The molecule has 2 saturated carbocycles. The molecule has 0 radical (unpaired) electrons. The summed E-state index contributed by atoms with van der Waals surface area (Å²) in [5, 5.41) is 2.35. The number of nitrogens with zero attached hydrogens (tertiary/aromatic N) is 2. The molecule has 2 aromatic rings. The third kappa shape index (κ3) is 4.51. The van der Waals surface area contributed by atoms with Crippen molar-refractivity contribution in [3.8, 4) is 11.3 Å². The van der Waals surface area contributed by atoms with Crippen LogP contribution in [0, 0.1) is 6.92 Å². The Morgan fingerprint density at radius 2 is 1.50 bits per heavy atom. The topological polar surface area (TPSA) is 17.3 Å². The average molecular weight is 434 g/mol. The fraction of sp³-hybridized carbons (Fsp3) is 0.591. The maximum absolute atomic E-state index is 5.24. The van der Waals surface area contributed by atoms with Gasteiger partial charge in [-0.2, -0.15) is 0 Å². The first-order chi connectivity index (χ1) is 12.3. The van der Waals surface area contributed by atoms with E-state index >= 15 is 0 Å². The molecule has 1 heterocycles. The van der Waals surface area contributed by atoms with E-state index in [1.54, 1.807) is 0 Å². The van der Waals surface area contributed by atoms with Crippen molar-refractivity contribution in [3.63, 3.8) is 0 Å². The molecular weight excluding hydrogens is 404 g/mol. The molecule has 2 aliphatic rings. The van der Waals surface area contributed by atoms with Gasteiger partial charge in [0.05, 0.1) is 11.7 Å². The van der Waals surface area contributed by atoms with Crippen molar-refractivity contribution >= 4 is 11.3 Å². The lowest BCUT2D eigenvalue weighted by atomic mass is 9.94. The highest BCUT2D eigenvalue weighted by Crippen LogP contribution is 2.32. The van der Waals surface area contributed by atoms with Gasteiger partial charge < -0.3 is 21.5 Å². The summed E-state index contributed by atoms with van der Waals surface area (Å²) in [6.07, 6.45) is 13.4. The lowest BCUT2D eigenvalue weighted by molar-refractivity contribution is -0.00000529. The highest BCUT2D eigenvalue weighted by molar-refractivity contribution is 7.07. The van der Waals surface area contributed by atoms with Gasteiger partial charge in [-0.25, -0.2) is 0 Å². The molecule has 0 atom stereocenters. The van der Waals surface area contributed by atoms with E-state index in [1.807, 2.05) is 11.3 Å². The summed E-state index contributed by atoms with van der Waals surface area (Å²) in [4.78, 5) is 6.51. The standard InChI is InChI=1S/C22H30N2S.BrH/c1-17-12-14-18(15-13-17)21-16-25-22(23-19-8-4-2-5-9-19)24(21)20-10-6-3-7-11-20;/h12-16,19-20H,2-11H2,1H3;1H/p-1. The molecule has 0 N–H and O–H groups in total. The summed E-state index contributed by atoms with van der Waals surface area (Å²) >= 11 is 1.86. The Bertz CT molecular complexity index is 747. The number of aromatic nitrogens is 1. The fourth-order valence-corrected chi connectivity index (χ4v) is 5.45. The molecule has 1 aromatic carbocycles. The molecular formula is C22H30BrN2S-. The van der Waals surface area contributed by atoms with Crippen LogP contribution in [0.1, 0.15) is 75.8 Å². The van der Waals surface area contributed by atoms with Gasteiger partial charge in [0, 0.05) is 11.4 Å². The summed E-state index contributed by atoms with van der Waals surface area (Å²) in [7, 11) is 0. The predicted molar refractivity (Wildman–Crippen MR) is 107 cm³/mol. The van der Waals surface area contributed by atoms with Gasteiger partial charge in [-0.1, -0.05) is 68.4 Å². The number of aryl methyl sites for hydroxylation is 1. The minimum absolute atomic E-state index is 0. The predicted octanol–water partition coefficient (Wildman–Crippen LogP) is 3.27. The summed E-state index contributed by atoms with van der Waals surface area (Å²) in [5.41, 5.74) is 4.05. The second-order valence-electron chi connectivity index (χ2n) is 7.85. The normalized spacial score (nSPS) is 20.1. The van der Waals surface area contributed by atoms with Crippen LogP contribution in [0.4, 0.5) is 0 Å². The molecule has 0 unspecified atom stereocenters. The van der Waals surface area contributed by atoms with Crippen LogP contribution in [0.25, 0.3) is 11.3 Å². The lowest BCUT2D eigenvalue weighted by Gasteiger charge is -2.26. The first-order valence-electron chi connectivity index (χ1n) is 10.1. The zero-order valence-electron chi connectivity index (χ0n) is 15.8. The zero-order valence-corrected chi connectivity index (χ0v) is 18.2. The van der Waals surface area contributed by atoms with E-state index in [-0.39, 0.29) is 17.0 Å². The van der Waals surface area contributed by atoms with Gasteiger partial charge in [0.1, 0.15) is 0 Å². The number of hydrogen-bond donors (Lipinski definition) is 0. The van der Waals surface area contributed by atoms with Gasteiger partial charge in [0.2, 0.25) is 0 Å². The minimum atomic E-state index is 0. The third-order valence-corrected chi connectivity index (χ3v) is 6.75. The third-order valence-electron chi connectivity index (χ3n) is 5.90. The van der Waals surface area contributed by atoms with Gasteiger partial charge in [0.15, 0.2) is 4.80 Å². The average Bonchev–Trinajstić information content (AvgIpc) is 3.07. The molecule has 2 nitrogen and oxygen atoms in total. The highest BCUT2D eigenvalue weighted by atomic mass is 79.9. The molecule has 0 bridgehead atoms. The maximum atomic E-state index is 5.24. The monoisotopic (exact) mass is 433 g/mol. The molecule has 0 spiro atoms. The molecule has 4 heteroatoms. The van der Waals surface area contributed by atoms with Crippen molar-refractivity contribution in [2.45, 2.75) is 83.2 Å². The summed E-state index contributed by atoms with van der Waals surface area (Å²) in [6, 6.07) is 10.2. The van der Waals surface area contributed by atoms with Gasteiger partial charge >= 0.3 is 0 Å². The molecule has 4 rings (SSSR count). The summed E-state index contributed by atoms with van der Waals surface area (Å²) in [5.74, 6) is 0. The SMILES string of the molecule is Cc1ccc(-c2csc(=NC3CCCCC3)n2C2CCCCC2)cc1.[Br-]. The molecule has 0 aliphatic heterocycles. The fourth-order valence-electron chi connectivity index (χ4n) is 4.41. The van der Waals surface area contributed by atoms with E-state index < -0.39 is 0 Å². The molecule has 142 valence electrons. The number of halogens is 1. The Kier molecular flexibility index (Phi) is 7.16. The number of hydrogen-bond acceptors (Lipinski definition) is 2. The Morgan fingerprint density at radius 1 is 0.885 bits per heavy atom. The van der Waals surface area contributed by atoms with Gasteiger partial charge in [-0.05, 0) is 38.2 Å². The van der Waals surface area contributed by atoms with Gasteiger partial charge in [0.25, 0.3) is 0 Å². The highest BCUT2D eigenvalue weighted by Gasteiger charge is 2.21. The van der Waals surface area contributed by atoms with Crippen molar-refractivity contribution in [2.75, 3.05) is 0 Å². The second-order valence-corrected chi connectivity index (χ2v) is 8.69. The lowest BCUT2D eigenvalue weighted by Crippen LogP contribution is -3.00. The number of thiazole rings is 1. The quantitative estimate of drug-likeness (QED) is 0.706. The molecule has 26 heavy (non-hydrogen) atoms. The van der Waals surface area contributed by atoms with Crippen LogP contribution in [-0.2, 0) is 0 Å². The van der Waals surface area contributed by atoms with Crippen LogP contribution in [0.15, 0.2) is 34.6 Å². The summed E-state index contributed by atoms with van der Waals surface area (Å²) < 4.78 is 2.60. The van der Waals surface area contributed by atoms with E-state index in [9.17, 15) is 0 Å². The van der Waals surface area contributed by atoms with Crippen LogP contribution in [0.5, 0.6) is 0 Å². The largest absolute Gasteiger partial charge is 1.00 e. The molecule has 2 fully saturated rings. The van der Waals surface area contributed by atoms with Crippen LogP contribution in [0.2, 0.25) is 0 Å². The number of benzene rings is 1. The van der Waals surface area contributed by atoms with E-state index in [2.05, 4.69) is 41.1 Å². The molecule has 1 aromatic heterocycles. The first kappa shape index (κ1) is 19.9. The van der Waals surface area contributed by atoms with Crippen LogP contribution in [-0.4, -0.2) is 10.6 Å². The van der Waals surface area contributed by atoms with Gasteiger partial charge in [-0.3, -0.25) is 4.99 Å². The molecule has 0 saturated heterocycles. The Morgan fingerprint density at radius 3 is 2.15 bits per heavy atom. The zero-order chi connectivity index (χ0) is 17.1. The van der Waals surface area contributed by atoms with E-state index in [0.717, 1.165) is 0 Å². The van der Waals surface area contributed by atoms with E-state index in [1.165, 1.54) is 85.8 Å². The van der Waals surface area contributed by atoms with Gasteiger partial charge in [-0.15, -0.1) is 11.3 Å². The van der Waals surface area contributed by atoms with E-state index in [4.69, 9.17) is 4.99 Å². The molecule has 0 amide bonds. The smallest absolute Gasteiger partial charge is 0.185 e. The Labute approximate surface area is 172 Å². The van der Waals surface area contributed by atoms with Crippen molar-refractivity contribution < 1.29 is 17.0 Å². The van der Waals surface area contributed by atoms with Crippen molar-refractivity contribution in [2.24, 2.45) is 4.99 Å². The second kappa shape index (κ2) is 9.36. The van der Waals surface area contributed by atoms with Crippen LogP contribution < -0.4 is 21.8 Å². The minimum Gasteiger partial charge on any atom is -1.00 e. The van der Waals surface area contributed by atoms with Crippen molar-refractivity contribution in [1.82, 2.24) is 4.57 Å². The maximum Gasteiger partial charge on any atom is 0.185 e.